The smallest absolute Gasteiger partial charge is 0.407 e. The fourth-order valence-corrected chi connectivity index (χ4v) is 10.1. The first-order valence-electron chi connectivity index (χ1n) is 25.9. The highest BCUT2D eigenvalue weighted by Gasteiger charge is 2.30. The summed E-state index contributed by atoms with van der Waals surface area (Å²) >= 11 is 0. The van der Waals surface area contributed by atoms with Gasteiger partial charge in [0.25, 0.3) is 0 Å². The molecule has 73 heavy (non-hydrogen) atoms. The molecule has 8 aromatic rings. The Morgan fingerprint density at radius 2 is 1.01 bits per heavy atom. The molecule has 4 heterocycles. The third kappa shape index (κ3) is 13.7. The SMILES string of the molecule is CC(C)(C)OC(=O)N[C@@H](CC(=O)N1CCC[C@@H](c2nc3ccccc3[nH]2)C1)Cc1ccc(-c2ccccc2)cc1.N[C@@H](CC(=O)N1CCC[C@@H](c2nc3ccccc3[nH]2)C1)Cc1ccc(-c2ccccc2)cc1. The van der Waals surface area contributed by atoms with Crippen molar-refractivity contribution < 1.29 is 19.1 Å². The van der Waals surface area contributed by atoms with E-state index in [9.17, 15) is 14.4 Å². The van der Waals surface area contributed by atoms with Gasteiger partial charge in [-0.05, 0) is 117 Å². The van der Waals surface area contributed by atoms with Crippen molar-refractivity contribution in [1.29, 1.82) is 0 Å². The quantitative estimate of drug-likeness (QED) is 0.0894. The maximum atomic E-state index is 13.6. The minimum absolute atomic E-state index is 0.0303. The number of para-hydroxylation sites is 4. The Hall–Kier alpha value is -7.57. The second kappa shape index (κ2) is 23.3. The van der Waals surface area contributed by atoms with E-state index in [1.165, 1.54) is 11.1 Å². The largest absolute Gasteiger partial charge is 0.444 e. The van der Waals surface area contributed by atoms with Crippen molar-refractivity contribution in [2.24, 2.45) is 5.73 Å². The highest BCUT2D eigenvalue weighted by Crippen LogP contribution is 2.30. The van der Waals surface area contributed by atoms with Crippen LogP contribution in [0.5, 0.6) is 0 Å². The van der Waals surface area contributed by atoms with Crippen LogP contribution in [-0.4, -0.2) is 91.5 Å². The molecule has 2 saturated heterocycles. The normalized spacial score (nSPS) is 16.8. The summed E-state index contributed by atoms with van der Waals surface area (Å²) in [5, 5.41) is 2.97. The summed E-state index contributed by atoms with van der Waals surface area (Å²) in [5.41, 5.74) is 16.6. The number of ether oxygens (including phenoxy) is 1. The van der Waals surface area contributed by atoms with E-state index in [1.54, 1.807) is 0 Å². The lowest BCUT2D eigenvalue weighted by Gasteiger charge is -2.33. The number of fused-ring (bicyclic) bond motifs is 2. The molecule has 0 aliphatic carbocycles. The molecule has 2 aliphatic rings. The van der Waals surface area contributed by atoms with Crippen molar-refractivity contribution in [3.63, 3.8) is 0 Å². The molecular formula is C61H68N8O4. The van der Waals surface area contributed by atoms with Crippen LogP contribution >= 0.6 is 0 Å². The molecule has 2 fully saturated rings. The predicted molar refractivity (Wildman–Crippen MR) is 291 cm³/mol. The van der Waals surface area contributed by atoms with Gasteiger partial charge in [0.15, 0.2) is 0 Å². The molecule has 0 bridgehead atoms. The Morgan fingerprint density at radius 3 is 1.48 bits per heavy atom. The van der Waals surface area contributed by atoms with Crippen molar-refractivity contribution in [2.45, 2.75) is 102 Å². The average molecular weight is 977 g/mol. The van der Waals surface area contributed by atoms with Crippen molar-refractivity contribution in [2.75, 3.05) is 26.2 Å². The van der Waals surface area contributed by atoms with Crippen LogP contribution in [0, 0.1) is 0 Å². The van der Waals surface area contributed by atoms with Crippen LogP contribution in [0.15, 0.2) is 158 Å². The van der Waals surface area contributed by atoms with Gasteiger partial charge >= 0.3 is 6.09 Å². The topological polar surface area (TPSA) is 162 Å². The lowest BCUT2D eigenvalue weighted by Crippen LogP contribution is -2.45. The number of rotatable bonds is 13. The molecule has 0 spiro atoms. The number of imidazole rings is 2. The first-order valence-corrected chi connectivity index (χ1v) is 25.9. The van der Waals surface area contributed by atoms with E-state index < -0.39 is 17.7 Å². The number of aromatic amines is 2. The molecule has 4 atom stereocenters. The maximum absolute atomic E-state index is 13.6. The lowest BCUT2D eigenvalue weighted by atomic mass is 9.95. The number of nitrogens with one attached hydrogen (secondary N) is 3. The monoisotopic (exact) mass is 977 g/mol. The van der Waals surface area contributed by atoms with E-state index in [-0.39, 0.29) is 36.1 Å². The molecular weight excluding hydrogens is 909 g/mol. The Bertz CT molecular complexity index is 3010. The van der Waals surface area contributed by atoms with Crippen LogP contribution < -0.4 is 11.1 Å². The van der Waals surface area contributed by atoms with E-state index in [0.29, 0.717) is 38.9 Å². The number of carbonyl (C=O) groups is 3. The summed E-state index contributed by atoms with van der Waals surface area (Å²) in [4.78, 5) is 59.6. The number of amides is 3. The van der Waals surface area contributed by atoms with Gasteiger partial charge in [-0.3, -0.25) is 9.59 Å². The van der Waals surface area contributed by atoms with Crippen LogP contribution in [0.3, 0.4) is 0 Å². The highest BCUT2D eigenvalue weighted by molar-refractivity contribution is 5.79. The Labute approximate surface area is 428 Å². The Morgan fingerprint density at radius 1 is 0.589 bits per heavy atom. The fraction of sp³-hybridized carbons (Fsp3) is 0.328. The summed E-state index contributed by atoms with van der Waals surface area (Å²) in [7, 11) is 0. The molecule has 0 saturated carbocycles. The summed E-state index contributed by atoms with van der Waals surface area (Å²) in [6.45, 7) is 8.33. The van der Waals surface area contributed by atoms with E-state index in [0.717, 1.165) is 88.2 Å². The minimum atomic E-state index is -0.622. The zero-order valence-corrected chi connectivity index (χ0v) is 42.3. The standard InChI is InChI=1S/C33H38N4O3.C28H30N4O/c1-33(2,3)40-32(39)34-27(20-23-15-17-25(18-16-23)24-10-5-4-6-11-24)21-30(38)37-19-9-12-26(22-37)31-35-28-13-7-8-14-29(28)36-31;29-24(17-20-12-14-22(15-13-20)21-7-2-1-3-8-21)18-27(33)32-16-6-9-23(19-32)28-30-25-10-4-5-11-26(25)31-28/h4-8,10-11,13-18,26-27H,9,12,19-22H2,1-3H3,(H,34,39)(H,35,36);1-5,7-8,10-15,23-24H,6,9,16-19,29H2,(H,30,31)/t26-,27-;23-,24-/m11/s1. The van der Waals surface area contributed by atoms with Crippen molar-refractivity contribution in [3.05, 3.63) is 181 Å². The van der Waals surface area contributed by atoms with E-state index in [4.69, 9.17) is 20.4 Å². The maximum Gasteiger partial charge on any atom is 0.407 e. The average Bonchev–Trinajstić information content (AvgIpc) is 4.05. The van der Waals surface area contributed by atoms with Gasteiger partial charge in [0, 0.05) is 62.9 Å². The van der Waals surface area contributed by atoms with Crippen molar-refractivity contribution >= 4 is 40.0 Å². The summed E-state index contributed by atoms with van der Waals surface area (Å²) in [6.07, 6.45) is 5.22. The zero-order valence-electron chi connectivity index (χ0n) is 42.3. The first-order chi connectivity index (χ1) is 35.4. The number of nitrogens with two attached hydrogens (primary N) is 1. The highest BCUT2D eigenvalue weighted by atomic mass is 16.6. The lowest BCUT2D eigenvalue weighted by molar-refractivity contribution is -0.133. The third-order valence-corrected chi connectivity index (χ3v) is 13.8. The molecule has 12 heteroatoms. The molecule has 12 nitrogen and oxygen atoms in total. The van der Waals surface area contributed by atoms with Gasteiger partial charge in [0.1, 0.15) is 17.2 Å². The molecule has 0 unspecified atom stereocenters. The Balaban J connectivity index is 0.000000183. The zero-order chi connectivity index (χ0) is 50.7. The molecule has 10 rings (SSSR count). The molecule has 6 aromatic carbocycles. The number of hydrogen-bond donors (Lipinski definition) is 4. The first kappa shape index (κ1) is 50.4. The number of piperidine rings is 2. The number of benzene rings is 6. The van der Waals surface area contributed by atoms with Crippen molar-refractivity contribution in [1.82, 2.24) is 35.1 Å². The van der Waals surface area contributed by atoms with Gasteiger partial charge in [-0.2, -0.15) is 0 Å². The fourth-order valence-electron chi connectivity index (χ4n) is 10.1. The number of H-pyrrole nitrogens is 2. The van der Waals surface area contributed by atoms with E-state index in [2.05, 4.69) is 88.1 Å². The number of aromatic nitrogens is 4. The van der Waals surface area contributed by atoms with Gasteiger partial charge in [0.05, 0.1) is 22.1 Å². The van der Waals surface area contributed by atoms with Gasteiger partial charge in [0.2, 0.25) is 11.8 Å². The molecule has 2 aliphatic heterocycles. The molecule has 0 radical (unpaired) electrons. The number of nitrogens with zero attached hydrogens (tertiary/aromatic N) is 4. The van der Waals surface area contributed by atoms with E-state index in [1.807, 2.05) is 116 Å². The van der Waals surface area contributed by atoms with Crippen LogP contribution in [0.4, 0.5) is 4.79 Å². The number of carbonyl (C=O) groups excluding carboxylic acids is 3. The summed E-state index contributed by atoms with van der Waals surface area (Å²) in [5.74, 6) is 2.49. The number of likely N-dealkylation sites (tertiary alicyclic amines) is 2. The van der Waals surface area contributed by atoms with Gasteiger partial charge < -0.3 is 35.6 Å². The van der Waals surface area contributed by atoms with Gasteiger partial charge in [-0.1, -0.05) is 133 Å². The van der Waals surface area contributed by atoms with Gasteiger partial charge in [-0.25, -0.2) is 14.8 Å². The predicted octanol–water partition coefficient (Wildman–Crippen LogP) is 11.4. The van der Waals surface area contributed by atoms with Crippen molar-refractivity contribution in [3.8, 4) is 22.3 Å². The number of hydrogen-bond acceptors (Lipinski definition) is 7. The third-order valence-electron chi connectivity index (χ3n) is 13.8. The number of alkyl carbamates (subject to hydrolysis) is 1. The van der Waals surface area contributed by atoms with Crippen LogP contribution in [-0.2, 0) is 27.2 Å². The van der Waals surface area contributed by atoms with Crippen LogP contribution in [0.25, 0.3) is 44.3 Å². The second-order valence-corrected chi connectivity index (χ2v) is 20.7. The van der Waals surface area contributed by atoms with Crippen LogP contribution in [0.1, 0.15) is 93.9 Å². The van der Waals surface area contributed by atoms with Gasteiger partial charge in [-0.15, -0.1) is 0 Å². The molecule has 3 amide bonds. The molecule has 376 valence electrons. The Kier molecular flexibility index (Phi) is 16.1. The molecule has 2 aromatic heterocycles. The second-order valence-electron chi connectivity index (χ2n) is 20.7. The summed E-state index contributed by atoms with van der Waals surface area (Å²) < 4.78 is 5.53. The summed E-state index contributed by atoms with van der Waals surface area (Å²) in [6, 6.07) is 52.8. The van der Waals surface area contributed by atoms with Crippen LogP contribution in [0.2, 0.25) is 0 Å². The molecule has 5 N–H and O–H groups in total. The minimum Gasteiger partial charge on any atom is -0.444 e. The van der Waals surface area contributed by atoms with E-state index >= 15 is 0 Å².